The van der Waals surface area contributed by atoms with Crippen LogP contribution in [0, 0.1) is 0 Å². The van der Waals surface area contributed by atoms with Crippen molar-refractivity contribution in [1.82, 2.24) is 10.6 Å². The average molecular weight is 364 g/mol. The van der Waals surface area contributed by atoms with Gasteiger partial charge in [-0.15, -0.1) is 0 Å². The van der Waals surface area contributed by atoms with Gasteiger partial charge in [-0.3, -0.25) is 14.4 Å². The largest absolute Gasteiger partial charge is 0.494 e. The molecule has 7 nitrogen and oxygen atoms in total. The van der Waals surface area contributed by atoms with Gasteiger partial charge in [0.25, 0.3) is 0 Å². The van der Waals surface area contributed by atoms with Crippen LogP contribution >= 0.6 is 0 Å². The molecule has 26 heavy (non-hydrogen) atoms. The number of aliphatic carboxylic acids is 1. The van der Waals surface area contributed by atoms with E-state index in [4.69, 9.17) is 9.84 Å². The van der Waals surface area contributed by atoms with Crippen molar-refractivity contribution >= 4 is 17.8 Å². The third-order valence-corrected chi connectivity index (χ3v) is 3.80. The number of benzene rings is 1. The van der Waals surface area contributed by atoms with Gasteiger partial charge in [-0.05, 0) is 33.3 Å². The lowest BCUT2D eigenvalue weighted by atomic mass is 9.96. The van der Waals surface area contributed by atoms with Crippen molar-refractivity contribution in [2.45, 2.75) is 58.5 Å². The van der Waals surface area contributed by atoms with E-state index >= 15 is 0 Å². The van der Waals surface area contributed by atoms with Gasteiger partial charge in [-0.2, -0.15) is 0 Å². The Kier molecular flexibility index (Phi) is 8.09. The standard InChI is InChI=1S/C19H28N2O5/c1-5-26-16-9-7-6-8-14(16)15(20-13(2)22)12-17(23)21-19(3,4)11-10-18(24)25/h6-9,15H,5,10-12H2,1-4H3,(H,20,22)(H,21,23)(H,24,25). The minimum absolute atomic E-state index is 0.0279. The number of hydrogen-bond acceptors (Lipinski definition) is 4. The number of rotatable bonds is 10. The minimum Gasteiger partial charge on any atom is -0.494 e. The van der Waals surface area contributed by atoms with Crippen LogP contribution < -0.4 is 15.4 Å². The van der Waals surface area contributed by atoms with Gasteiger partial charge in [0.2, 0.25) is 11.8 Å². The predicted octanol–water partition coefficient (Wildman–Crippen LogP) is 2.41. The number of amides is 2. The molecule has 1 aromatic rings. The van der Waals surface area contributed by atoms with Crippen molar-refractivity contribution in [1.29, 1.82) is 0 Å². The number of carbonyl (C=O) groups excluding carboxylic acids is 2. The van der Waals surface area contributed by atoms with Gasteiger partial charge in [0, 0.05) is 24.4 Å². The third kappa shape index (κ3) is 7.55. The smallest absolute Gasteiger partial charge is 0.303 e. The first kappa shape index (κ1) is 21.5. The zero-order chi connectivity index (χ0) is 19.7. The molecular weight excluding hydrogens is 336 g/mol. The van der Waals surface area contributed by atoms with E-state index in [0.29, 0.717) is 18.8 Å². The number of carboxylic acids is 1. The van der Waals surface area contributed by atoms with Crippen LogP contribution in [0.25, 0.3) is 0 Å². The highest BCUT2D eigenvalue weighted by Crippen LogP contribution is 2.27. The molecule has 0 saturated heterocycles. The second-order valence-corrected chi connectivity index (χ2v) is 6.75. The van der Waals surface area contributed by atoms with E-state index < -0.39 is 17.6 Å². The Hall–Kier alpha value is -2.57. The number of hydrogen-bond donors (Lipinski definition) is 3. The normalized spacial score (nSPS) is 12.2. The van der Waals surface area contributed by atoms with E-state index in [2.05, 4.69) is 10.6 Å². The first-order chi connectivity index (χ1) is 12.1. The first-order valence-electron chi connectivity index (χ1n) is 8.66. The van der Waals surface area contributed by atoms with Crippen LogP contribution in [0.5, 0.6) is 5.75 Å². The molecule has 0 aromatic heterocycles. The van der Waals surface area contributed by atoms with Crippen LogP contribution in [0.15, 0.2) is 24.3 Å². The molecule has 1 rings (SSSR count). The molecule has 2 amide bonds. The lowest BCUT2D eigenvalue weighted by Crippen LogP contribution is -2.45. The SMILES string of the molecule is CCOc1ccccc1C(CC(=O)NC(C)(C)CCC(=O)O)NC(C)=O. The van der Waals surface area contributed by atoms with Crippen molar-refractivity contribution in [2.75, 3.05) is 6.61 Å². The van der Waals surface area contributed by atoms with Crippen LogP contribution in [0.3, 0.4) is 0 Å². The third-order valence-electron chi connectivity index (χ3n) is 3.80. The molecule has 1 atom stereocenters. The predicted molar refractivity (Wildman–Crippen MR) is 97.9 cm³/mol. The van der Waals surface area contributed by atoms with Gasteiger partial charge in [0.05, 0.1) is 19.1 Å². The molecule has 0 saturated carbocycles. The Morgan fingerprint density at radius 1 is 1.23 bits per heavy atom. The van der Waals surface area contributed by atoms with E-state index in [-0.39, 0.29) is 24.7 Å². The number of ether oxygens (including phenoxy) is 1. The summed E-state index contributed by atoms with van der Waals surface area (Å²) in [7, 11) is 0. The first-order valence-corrected chi connectivity index (χ1v) is 8.66. The molecule has 1 unspecified atom stereocenters. The number of nitrogens with one attached hydrogen (secondary N) is 2. The molecule has 0 radical (unpaired) electrons. The van der Waals surface area contributed by atoms with E-state index in [0.717, 1.165) is 5.56 Å². The quantitative estimate of drug-likeness (QED) is 0.591. The topological polar surface area (TPSA) is 105 Å². The van der Waals surface area contributed by atoms with Crippen LogP contribution in [0.1, 0.15) is 58.6 Å². The Morgan fingerprint density at radius 3 is 2.46 bits per heavy atom. The highest BCUT2D eigenvalue weighted by Gasteiger charge is 2.25. The fourth-order valence-electron chi connectivity index (χ4n) is 2.64. The van der Waals surface area contributed by atoms with Crippen LogP contribution in [-0.2, 0) is 14.4 Å². The summed E-state index contributed by atoms with van der Waals surface area (Å²) in [6.07, 6.45) is 0.310. The highest BCUT2D eigenvalue weighted by molar-refractivity contribution is 5.80. The number of para-hydroxylation sites is 1. The van der Waals surface area contributed by atoms with Gasteiger partial charge in [0.1, 0.15) is 5.75 Å². The fraction of sp³-hybridized carbons (Fsp3) is 0.526. The van der Waals surface area contributed by atoms with E-state index in [9.17, 15) is 14.4 Å². The molecule has 0 aliphatic carbocycles. The van der Waals surface area contributed by atoms with Gasteiger partial charge >= 0.3 is 5.97 Å². The maximum absolute atomic E-state index is 12.5. The fourth-order valence-corrected chi connectivity index (χ4v) is 2.64. The van der Waals surface area contributed by atoms with Gasteiger partial charge in [-0.25, -0.2) is 0 Å². The minimum atomic E-state index is -0.908. The van der Waals surface area contributed by atoms with Crippen LogP contribution in [-0.4, -0.2) is 35.0 Å². The van der Waals surface area contributed by atoms with Crippen molar-refractivity contribution in [3.63, 3.8) is 0 Å². The second kappa shape index (κ2) is 9.79. The molecule has 0 aliphatic rings. The van der Waals surface area contributed by atoms with Crippen molar-refractivity contribution < 1.29 is 24.2 Å². The summed E-state index contributed by atoms with van der Waals surface area (Å²) >= 11 is 0. The maximum atomic E-state index is 12.5. The van der Waals surface area contributed by atoms with Crippen molar-refractivity contribution in [3.8, 4) is 5.75 Å². The summed E-state index contributed by atoms with van der Waals surface area (Å²) in [6.45, 7) is 7.27. The summed E-state index contributed by atoms with van der Waals surface area (Å²) in [4.78, 5) is 34.8. The Morgan fingerprint density at radius 2 is 1.88 bits per heavy atom. The summed E-state index contributed by atoms with van der Waals surface area (Å²) < 4.78 is 5.60. The molecular formula is C19H28N2O5. The second-order valence-electron chi connectivity index (χ2n) is 6.75. The lowest BCUT2D eigenvalue weighted by molar-refractivity contribution is -0.138. The summed E-state index contributed by atoms with van der Waals surface area (Å²) in [5.41, 5.74) is 0.0680. The van der Waals surface area contributed by atoms with Crippen LogP contribution in [0.4, 0.5) is 0 Å². The average Bonchev–Trinajstić information content (AvgIpc) is 2.52. The number of carbonyl (C=O) groups is 3. The molecule has 3 N–H and O–H groups in total. The van der Waals surface area contributed by atoms with Crippen molar-refractivity contribution in [2.24, 2.45) is 0 Å². The molecule has 0 aliphatic heterocycles. The molecule has 144 valence electrons. The highest BCUT2D eigenvalue weighted by atomic mass is 16.5. The Labute approximate surface area is 154 Å². The summed E-state index contributed by atoms with van der Waals surface area (Å²) in [5, 5.41) is 14.4. The lowest BCUT2D eigenvalue weighted by Gasteiger charge is -2.27. The van der Waals surface area contributed by atoms with Gasteiger partial charge < -0.3 is 20.5 Å². The maximum Gasteiger partial charge on any atom is 0.303 e. The monoisotopic (exact) mass is 364 g/mol. The number of carboxylic acid groups (broad SMARTS) is 1. The Bertz CT molecular complexity index is 643. The zero-order valence-electron chi connectivity index (χ0n) is 15.8. The van der Waals surface area contributed by atoms with E-state index in [1.54, 1.807) is 19.9 Å². The molecule has 0 fully saturated rings. The van der Waals surface area contributed by atoms with Gasteiger partial charge in [0.15, 0.2) is 0 Å². The van der Waals surface area contributed by atoms with E-state index in [1.165, 1.54) is 6.92 Å². The Balaban J connectivity index is 2.89. The summed E-state index contributed by atoms with van der Waals surface area (Å²) in [5.74, 6) is -0.814. The van der Waals surface area contributed by atoms with Crippen molar-refractivity contribution in [3.05, 3.63) is 29.8 Å². The zero-order valence-corrected chi connectivity index (χ0v) is 15.8. The van der Waals surface area contributed by atoms with Crippen LogP contribution in [0.2, 0.25) is 0 Å². The molecule has 1 aromatic carbocycles. The molecule has 7 heteroatoms. The molecule has 0 heterocycles. The van der Waals surface area contributed by atoms with E-state index in [1.807, 2.05) is 25.1 Å². The molecule has 0 spiro atoms. The summed E-state index contributed by atoms with van der Waals surface area (Å²) in [6, 6.07) is 6.72. The van der Waals surface area contributed by atoms with Gasteiger partial charge in [-0.1, -0.05) is 18.2 Å². The molecule has 0 bridgehead atoms.